The molecular weight excluding hydrogens is 769 g/mol. The van der Waals surface area contributed by atoms with Crippen LogP contribution >= 0.6 is 0 Å². The average Bonchev–Trinajstić information content (AvgIpc) is 4.08. The molecular formula is C58H34N4O. The van der Waals surface area contributed by atoms with Crippen molar-refractivity contribution in [1.82, 2.24) is 19.5 Å². The van der Waals surface area contributed by atoms with Crippen molar-refractivity contribution in [2.24, 2.45) is 0 Å². The Kier molecular flexibility index (Phi) is 6.97. The molecule has 0 N–H and O–H groups in total. The normalized spacial score (nSPS) is 13.2. The Hall–Kier alpha value is -8.41. The first-order valence-electron chi connectivity index (χ1n) is 21.4. The Balaban J connectivity index is 0.987. The smallest absolute Gasteiger partial charge is 0.164 e. The van der Waals surface area contributed by atoms with Crippen molar-refractivity contribution in [2.45, 2.75) is 5.41 Å². The summed E-state index contributed by atoms with van der Waals surface area (Å²) in [5.74, 6) is 1.82. The third kappa shape index (κ3) is 4.63. The quantitative estimate of drug-likeness (QED) is 0.178. The lowest BCUT2D eigenvalue weighted by molar-refractivity contribution is 0.669. The van der Waals surface area contributed by atoms with Gasteiger partial charge in [0, 0.05) is 49.5 Å². The van der Waals surface area contributed by atoms with E-state index >= 15 is 0 Å². The number of benzene rings is 9. The van der Waals surface area contributed by atoms with Crippen LogP contribution in [0.15, 0.2) is 211 Å². The van der Waals surface area contributed by atoms with E-state index < -0.39 is 5.41 Å². The van der Waals surface area contributed by atoms with Crippen LogP contribution in [0.2, 0.25) is 0 Å². The summed E-state index contributed by atoms with van der Waals surface area (Å²) in [5.41, 5.74) is 17.9. The summed E-state index contributed by atoms with van der Waals surface area (Å²) in [5, 5.41) is 4.48. The van der Waals surface area contributed by atoms with Crippen LogP contribution in [-0.4, -0.2) is 19.5 Å². The second-order valence-electron chi connectivity index (χ2n) is 16.6. The van der Waals surface area contributed by atoms with Crippen molar-refractivity contribution in [1.29, 1.82) is 0 Å². The van der Waals surface area contributed by atoms with Crippen LogP contribution in [0.4, 0.5) is 0 Å². The molecule has 63 heavy (non-hydrogen) atoms. The van der Waals surface area contributed by atoms with Crippen LogP contribution in [0.3, 0.4) is 0 Å². The fourth-order valence-corrected chi connectivity index (χ4v) is 11.0. The van der Waals surface area contributed by atoms with E-state index in [2.05, 4.69) is 150 Å². The molecule has 0 bridgehead atoms. The predicted octanol–water partition coefficient (Wildman–Crippen LogP) is 14.2. The largest absolute Gasteiger partial charge is 0.456 e. The zero-order valence-electron chi connectivity index (χ0n) is 33.8. The minimum atomic E-state index is -0.432. The van der Waals surface area contributed by atoms with Gasteiger partial charge in [-0.2, -0.15) is 0 Å². The highest BCUT2D eigenvalue weighted by Crippen LogP contribution is 2.64. The van der Waals surface area contributed by atoms with E-state index in [9.17, 15) is 0 Å². The van der Waals surface area contributed by atoms with Crippen LogP contribution in [-0.2, 0) is 5.41 Å². The van der Waals surface area contributed by atoms with Gasteiger partial charge >= 0.3 is 0 Å². The molecule has 14 rings (SSSR count). The molecule has 0 amide bonds. The van der Waals surface area contributed by atoms with Gasteiger partial charge in [0.15, 0.2) is 17.5 Å². The van der Waals surface area contributed by atoms with E-state index in [1.54, 1.807) is 0 Å². The van der Waals surface area contributed by atoms with E-state index in [1.165, 1.54) is 60.8 Å². The maximum Gasteiger partial charge on any atom is 0.164 e. The third-order valence-corrected chi connectivity index (χ3v) is 13.5. The minimum absolute atomic E-state index is 0.432. The van der Waals surface area contributed by atoms with E-state index in [1.807, 2.05) is 60.7 Å². The number of nitrogens with zero attached hydrogens (tertiary/aromatic N) is 4. The number of furan rings is 1. The highest BCUT2D eigenvalue weighted by atomic mass is 16.3. The second-order valence-corrected chi connectivity index (χ2v) is 16.6. The molecule has 0 saturated heterocycles. The first-order valence-corrected chi connectivity index (χ1v) is 21.4. The van der Waals surface area contributed by atoms with Crippen LogP contribution in [0, 0.1) is 0 Å². The number of para-hydroxylation sites is 2. The summed E-state index contributed by atoms with van der Waals surface area (Å²) in [6.07, 6.45) is 0. The molecule has 292 valence electrons. The zero-order valence-corrected chi connectivity index (χ0v) is 33.8. The maximum absolute atomic E-state index is 6.29. The lowest BCUT2D eigenvalue weighted by Gasteiger charge is -2.30. The predicted molar refractivity (Wildman–Crippen MR) is 254 cm³/mol. The molecule has 3 heterocycles. The topological polar surface area (TPSA) is 56.7 Å². The van der Waals surface area contributed by atoms with Gasteiger partial charge in [-0.1, -0.05) is 164 Å². The molecule has 5 heteroatoms. The standard InChI is InChI=1S/C58H34N4O/c1-2-15-35(16-3-1)55-59-56(61-57(60-55)44-22-14-28-51-52(44)43-21-8-13-27-50(43)63-51)36-29-31-37(32-30-36)62-49-26-12-7-19-40(49)41-33-34-48-53(54(41)62)42-20-6-11-25-47(42)58(48)45-23-9-4-17-38(45)39-18-5-10-24-46(39)58/h1-34H. The Bertz CT molecular complexity index is 3810. The molecule has 12 aromatic rings. The van der Waals surface area contributed by atoms with E-state index in [0.717, 1.165) is 49.8 Å². The lowest BCUT2D eigenvalue weighted by atomic mass is 9.70. The molecule has 2 aliphatic carbocycles. The van der Waals surface area contributed by atoms with Crippen molar-refractivity contribution in [3.05, 3.63) is 229 Å². The molecule has 0 saturated carbocycles. The number of rotatable bonds is 4. The van der Waals surface area contributed by atoms with Crippen molar-refractivity contribution in [3.8, 4) is 62.1 Å². The first-order chi connectivity index (χ1) is 31.3. The lowest BCUT2D eigenvalue weighted by Crippen LogP contribution is -2.25. The minimum Gasteiger partial charge on any atom is -0.456 e. The van der Waals surface area contributed by atoms with Gasteiger partial charge in [0.1, 0.15) is 11.2 Å². The highest BCUT2D eigenvalue weighted by Gasteiger charge is 2.52. The van der Waals surface area contributed by atoms with Gasteiger partial charge in [-0.3, -0.25) is 0 Å². The van der Waals surface area contributed by atoms with Gasteiger partial charge in [-0.15, -0.1) is 0 Å². The summed E-state index contributed by atoms with van der Waals surface area (Å²) in [6, 6.07) is 73.7. The fraction of sp³-hybridized carbons (Fsp3) is 0.0172. The van der Waals surface area contributed by atoms with E-state index in [-0.39, 0.29) is 0 Å². The molecule has 5 nitrogen and oxygen atoms in total. The van der Waals surface area contributed by atoms with Crippen molar-refractivity contribution >= 4 is 43.7 Å². The van der Waals surface area contributed by atoms with Gasteiger partial charge in [0.2, 0.25) is 0 Å². The highest BCUT2D eigenvalue weighted by molar-refractivity contribution is 6.17. The van der Waals surface area contributed by atoms with Gasteiger partial charge in [0.05, 0.1) is 16.4 Å². The van der Waals surface area contributed by atoms with Crippen LogP contribution in [0.25, 0.3) is 106 Å². The maximum atomic E-state index is 6.29. The molecule has 0 fully saturated rings. The molecule has 9 aromatic carbocycles. The second kappa shape index (κ2) is 12.8. The zero-order chi connectivity index (χ0) is 41.2. The molecule has 0 unspecified atom stereocenters. The van der Waals surface area contributed by atoms with Crippen molar-refractivity contribution < 1.29 is 4.42 Å². The fourth-order valence-electron chi connectivity index (χ4n) is 11.0. The van der Waals surface area contributed by atoms with Gasteiger partial charge in [-0.05, 0) is 81.4 Å². The van der Waals surface area contributed by atoms with Crippen LogP contribution in [0.1, 0.15) is 22.3 Å². The molecule has 0 atom stereocenters. The molecule has 2 aliphatic rings. The summed E-state index contributed by atoms with van der Waals surface area (Å²) < 4.78 is 8.75. The number of fused-ring (bicyclic) bond motifs is 17. The Morgan fingerprint density at radius 3 is 1.67 bits per heavy atom. The Morgan fingerprint density at radius 1 is 0.365 bits per heavy atom. The van der Waals surface area contributed by atoms with Crippen LogP contribution in [0.5, 0.6) is 0 Å². The van der Waals surface area contributed by atoms with E-state index in [4.69, 9.17) is 19.4 Å². The van der Waals surface area contributed by atoms with Gasteiger partial charge < -0.3 is 8.98 Å². The summed E-state index contributed by atoms with van der Waals surface area (Å²) in [6.45, 7) is 0. The number of hydrogen-bond acceptors (Lipinski definition) is 4. The Labute approximate surface area is 362 Å². The SMILES string of the molecule is c1ccc(-c2nc(-c3ccc(-n4c5ccccc5c5ccc6c(c54)-c4ccccc4C64c5ccccc5-c5ccccc54)cc3)nc(-c3cccc4oc5ccccc5c34)n2)cc1. The summed E-state index contributed by atoms with van der Waals surface area (Å²) in [4.78, 5) is 15.4. The number of aromatic nitrogens is 4. The Morgan fingerprint density at radius 2 is 0.921 bits per heavy atom. The molecule has 3 aromatic heterocycles. The van der Waals surface area contributed by atoms with Gasteiger partial charge in [0.25, 0.3) is 0 Å². The van der Waals surface area contributed by atoms with E-state index in [0.29, 0.717) is 17.5 Å². The molecule has 1 spiro atoms. The number of hydrogen-bond donors (Lipinski definition) is 0. The average molecular weight is 803 g/mol. The van der Waals surface area contributed by atoms with Gasteiger partial charge in [-0.25, -0.2) is 15.0 Å². The van der Waals surface area contributed by atoms with Crippen LogP contribution < -0.4 is 0 Å². The monoisotopic (exact) mass is 802 g/mol. The third-order valence-electron chi connectivity index (χ3n) is 13.5. The molecule has 0 aliphatic heterocycles. The first kappa shape index (κ1) is 34.3. The summed E-state index contributed by atoms with van der Waals surface area (Å²) >= 11 is 0. The molecule has 0 radical (unpaired) electrons. The van der Waals surface area contributed by atoms with Crippen molar-refractivity contribution in [2.75, 3.05) is 0 Å². The van der Waals surface area contributed by atoms with Crippen molar-refractivity contribution in [3.63, 3.8) is 0 Å². The summed E-state index contributed by atoms with van der Waals surface area (Å²) in [7, 11) is 0.